The predicted molar refractivity (Wildman–Crippen MR) is 70.9 cm³/mol. The van der Waals surface area contributed by atoms with Crippen molar-refractivity contribution in [3.63, 3.8) is 0 Å². The molecule has 1 atom stereocenters. The van der Waals surface area contributed by atoms with Gasteiger partial charge in [0.15, 0.2) is 0 Å². The number of halogens is 1. The molecule has 0 saturated carbocycles. The molecule has 0 radical (unpaired) electrons. The zero-order chi connectivity index (χ0) is 12.8. The molecular formula is C14H12ClN3. The van der Waals surface area contributed by atoms with E-state index in [1.807, 2.05) is 24.3 Å². The summed E-state index contributed by atoms with van der Waals surface area (Å²) in [7, 11) is 0. The highest BCUT2D eigenvalue weighted by atomic mass is 35.5. The second-order valence-corrected chi connectivity index (χ2v) is 4.30. The van der Waals surface area contributed by atoms with Crippen molar-refractivity contribution in [1.82, 2.24) is 10.3 Å². The van der Waals surface area contributed by atoms with Gasteiger partial charge in [0.25, 0.3) is 0 Å². The molecule has 1 heterocycles. The summed E-state index contributed by atoms with van der Waals surface area (Å²) in [4.78, 5) is 4.03. The highest BCUT2D eigenvalue weighted by Crippen LogP contribution is 2.17. The molecule has 0 saturated heterocycles. The number of pyridine rings is 1. The van der Waals surface area contributed by atoms with E-state index in [9.17, 15) is 5.26 Å². The molecule has 1 aromatic carbocycles. The summed E-state index contributed by atoms with van der Waals surface area (Å²) in [6, 6.07) is 13.0. The van der Waals surface area contributed by atoms with Crippen LogP contribution in [0.15, 0.2) is 48.8 Å². The van der Waals surface area contributed by atoms with Crippen molar-refractivity contribution in [2.45, 2.75) is 12.6 Å². The lowest BCUT2D eigenvalue weighted by Crippen LogP contribution is -2.19. The van der Waals surface area contributed by atoms with Crippen molar-refractivity contribution in [3.05, 3.63) is 64.9 Å². The Morgan fingerprint density at radius 1 is 1.33 bits per heavy atom. The third-order valence-electron chi connectivity index (χ3n) is 2.54. The van der Waals surface area contributed by atoms with Gasteiger partial charge in [-0.15, -0.1) is 0 Å². The van der Waals surface area contributed by atoms with E-state index in [1.54, 1.807) is 24.5 Å². The molecule has 0 bridgehead atoms. The minimum atomic E-state index is -0.371. The number of nitrogens with zero attached hydrogens (tertiary/aromatic N) is 2. The normalized spacial score (nSPS) is 11.8. The molecule has 1 aromatic heterocycles. The number of aromatic nitrogens is 1. The average Bonchev–Trinajstić information content (AvgIpc) is 2.41. The highest BCUT2D eigenvalue weighted by Gasteiger charge is 2.09. The summed E-state index contributed by atoms with van der Waals surface area (Å²) in [6.07, 6.45) is 3.50. The predicted octanol–water partition coefficient (Wildman–Crippen LogP) is 3.09. The lowest BCUT2D eigenvalue weighted by atomic mass is 10.1. The largest absolute Gasteiger partial charge is 0.294 e. The van der Waals surface area contributed by atoms with Crippen LogP contribution < -0.4 is 5.32 Å². The van der Waals surface area contributed by atoms with Crippen LogP contribution in [0.3, 0.4) is 0 Å². The quantitative estimate of drug-likeness (QED) is 0.916. The Bertz CT molecular complexity index is 548. The van der Waals surface area contributed by atoms with Crippen LogP contribution in [-0.2, 0) is 6.54 Å². The van der Waals surface area contributed by atoms with Gasteiger partial charge in [-0.05, 0) is 29.3 Å². The Hall–Kier alpha value is -1.89. The summed E-state index contributed by atoms with van der Waals surface area (Å²) in [6.45, 7) is 0.596. The van der Waals surface area contributed by atoms with Crippen LogP contribution in [0.5, 0.6) is 0 Å². The zero-order valence-corrected chi connectivity index (χ0v) is 10.4. The van der Waals surface area contributed by atoms with Crippen molar-refractivity contribution in [1.29, 1.82) is 5.26 Å². The van der Waals surface area contributed by atoms with Crippen molar-refractivity contribution in [2.75, 3.05) is 0 Å². The molecule has 0 spiro atoms. The van der Waals surface area contributed by atoms with Gasteiger partial charge in [-0.25, -0.2) is 0 Å². The molecule has 2 aromatic rings. The van der Waals surface area contributed by atoms with Crippen LogP contribution in [0, 0.1) is 11.3 Å². The topological polar surface area (TPSA) is 48.7 Å². The summed E-state index contributed by atoms with van der Waals surface area (Å²) in [5.74, 6) is 0. The second-order valence-electron chi connectivity index (χ2n) is 3.86. The Morgan fingerprint density at radius 3 is 2.89 bits per heavy atom. The van der Waals surface area contributed by atoms with E-state index in [1.165, 1.54) is 0 Å². The van der Waals surface area contributed by atoms with Gasteiger partial charge >= 0.3 is 0 Å². The molecule has 18 heavy (non-hydrogen) atoms. The lowest BCUT2D eigenvalue weighted by Gasteiger charge is -2.11. The fourth-order valence-electron chi connectivity index (χ4n) is 1.65. The van der Waals surface area contributed by atoms with Gasteiger partial charge in [-0.1, -0.05) is 29.8 Å². The Morgan fingerprint density at radius 2 is 2.22 bits per heavy atom. The molecule has 0 fully saturated rings. The molecule has 4 heteroatoms. The average molecular weight is 258 g/mol. The smallest absolute Gasteiger partial charge is 0.121 e. The monoisotopic (exact) mass is 257 g/mol. The van der Waals surface area contributed by atoms with E-state index in [-0.39, 0.29) is 6.04 Å². The Balaban J connectivity index is 2.05. The first-order valence-electron chi connectivity index (χ1n) is 5.57. The van der Waals surface area contributed by atoms with Crippen LogP contribution in [0.1, 0.15) is 17.2 Å². The van der Waals surface area contributed by atoms with Crippen LogP contribution in [0.25, 0.3) is 0 Å². The van der Waals surface area contributed by atoms with Crippen molar-refractivity contribution < 1.29 is 0 Å². The van der Waals surface area contributed by atoms with Crippen LogP contribution in [0.2, 0.25) is 5.02 Å². The maximum absolute atomic E-state index is 9.18. The summed E-state index contributed by atoms with van der Waals surface area (Å²) in [5.41, 5.74) is 1.91. The maximum atomic E-state index is 9.18. The first-order valence-corrected chi connectivity index (χ1v) is 5.95. The lowest BCUT2D eigenvalue weighted by molar-refractivity contribution is 0.629. The van der Waals surface area contributed by atoms with Gasteiger partial charge in [0.2, 0.25) is 0 Å². The van der Waals surface area contributed by atoms with Gasteiger partial charge in [-0.3, -0.25) is 10.3 Å². The maximum Gasteiger partial charge on any atom is 0.121 e. The van der Waals surface area contributed by atoms with Gasteiger partial charge in [0, 0.05) is 24.0 Å². The van der Waals surface area contributed by atoms with Crippen molar-refractivity contribution >= 4 is 11.6 Å². The molecule has 1 N–H and O–H groups in total. The molecule has 0 aliphatic rings. The second kappa shape index (κ2) is 6.15. The fourth-order valence-corrected chi connectivity index (χ4v) is 1.85. The van der Waals surface area contributed by atoms with Crippen molar-refractivity contribution in [3.8, 4) is 6.07 Å². The van der Waals surface area contributed by atoms with E-state index in [4.69, 9.17) is 11.6 Å². The van der Waals surface area contributed by atoms with E-state index in [2.05, 4.69) is 16.4 Å². The zero-order valence-electron chi connectivity index (χ0n) is 9.68. The van der Waals surface area contributed by atoms with E-state index < -0.39 is 0 Å². The number of benzene rings is 1. The first-order chi connectivity index (χ1) is 8.79. The molecule has 90 valence electrons. The highest BCUT2D eigenvalue weighted by molar-refractivity contribution is 6.30. The third kappa shape index (κ3) is 3.30. The number of rotatable bonds is 4. The first kappa shape index (κ1) is 12.6. The van der Waals surface area contributed by atoms with Gasteiger partial charge < -0.3 is 0 Å². The van der Waals surface area contributed by atoms with E-state index >= 15 is 0 Å². The third-order valence-corrected chi connectivity index (χ3v) is 2.78. The molecule has 2 rings (SSSR count). The van der Waals surface area contributed by atoms with Crippen LogP contribution in [-0.4, -0.2) is 4.98 Å². The van der Waals surface area contributed by atoms with Gasteiger partial charge in [0.1, 0.15) is 6.04 Å². The minimum absolute atomic E-state index is 0.371. The molecule has 0 aliphatic carbocycles. The fraction of sp³-hybridized carbons (Fsp3) is 0.143. The van der Waals surface area contributed by atoms with Crippen molar-refractivity contribution in [2.24, 2.45) is 0 Å². The summed E-state index contributed by atoms with van der Waals surface area (Å²) in [5, 5.41) is 13.0. The number of nitriles is 1. The molecule has 0 amide bonds. The number of hydrogen-bond acceptors (Lipinski definition) is 3. The molecule has 0 aliphatic heterocycles. The molecule has 3 nitrogen and oxygen atoms in total. The molecule has 1 unspecified atom stereocenters. The number of hydrogen-bond donors (Lipinski definition) is 1. The van der Waals surface area contributed by atoms with Crippen LogP contribution in [0.4, 0.5) is 0 Å². The summed E-state index contributed by atoms with van der Waals surface area (Å²) >= 11 is 5.92. The van der Waals surface area contributed by atoms with E-state index in [0.29, 0.717) is 11.6 Å². The SMILES string of the molecule is N#CC(NCc1cccnc1)c1cccc(Cl)c1. The Labute approximate surface area is 111 Å². The minimum Gasteiger partial charge on any atom is -0.294 e. The van der Waals surface area contributed by atoms with Gasteiger partial charge in [-0.2, -0.15) is 5.26 Å². The molecular weight excluding hydrogens is 246 g/mol. The van der Waals surface area contributed by atoms with E-state index in [0.717, 1.165) is 11.1 Å². The Kier molecular flexibility index (Phi) is 4.30. The summed E-state index contributed by atoms with van der Waals surface area (Å²) < 4.78 is 0. The standard InChI is InChI=1S/C14H12ClN3/c15-13-5-1-4-12(7-13)14(8-16)18-10-11-3-2-6-17-9-11/h1-7,9,14,18H,10H2. The number of nitrogens with one attached hydrogen (secondary N) is 1. The van der Waals surface area contributed by atoms with Gasteiger partial charge in [0.05, 0.1) is 6.07 Å². The van der Waals surface area contributed by atoms with Crippen LogP contribution >= 0.6 is 11.6 Å².